The van der Waals surface area contributed by atoms with Gasteiger partial charge in [0.1, 0.15) is 11.3 Å². The molecule has 1 aromatic heterocycles. The molecule has 1 amide bonds. The predicted octanol–water partition coefficient (Wildman–Crippen LogP) is 2.54. The smallest absolute Gasteiger partial charge is 0.344 e. The highest BCUT2D eigenvalue weighted by Gasteiger charge is 2.15. The fourth-order valence-corrected chi connectivity index (χ4v) is 3.72. The van der Waals surface area contributed by atoms with E-state index in [1.54, 1.807) is 36.4 Å². The van der Waals surface area contributed by atoms with Gasteiger partial charge in [-0.2, -0.15) is 0 Å². The number of phenols is 1. The van der Waals surface area contributed by atoms with Crippen molar-refractivity contribution >= 4 is 16.9 Å². The molecule has 30 heavy (non-hydrogen) atoms. The van der Waals surface area contributed by atoms with Crippen molar-refractivity contribution in [3.05, 3.63) is 64.0 Å². The van der Waals surface area contributed by atoms with Crippen molar-refractivity contribution in [2.45, 2.75) is 6.92 Å². The van der Waals surface area contributed by atoms with Crippen molar-refractivity contribution in [2.75, 3.05) is 39.4 Å². The lowest BCUT2D eigenvalue weighted by Gasteiger charge is -2.26. The standard InChI is InChI=1S/C23H24N2O5/c1-15-19-7-6-18(26)14-20(19)30-23(28)21(15)16-2-4-17(5-3-16)22(27)24-8-9-25-10-12-29-13-11-25/h2-7,14,26H,8-13H2,1H3,(H,24,27). The van der Waals surface area contributed by atoms with Crippen LogP contribution < -0.4 is 10.9 Å². The number of carbonyl (C=O) groups excluding carboxylic acids is 1. The Morgan fingerprint density at radius 1 is 1.13 bits per heavy atom. The van der Waals surface area contributed by atoms with Crippen LogP contribution in [0.4, 0.5) is 0 Å². The van der Waals surface area contributed by atoms with E-state index in [2.05, 4.69) is 10.2 Å². The molecule has 1 saturated heterocycles. The first-order chi connectivity index (χ1) is 14.5. The summed E-state index contributed by atoms with van der Waals surface area (Å²) in [6, 6.07) is 11.6. The van der Waals surface area contributed by atoms with Gasteiger partial charge >= 0.3 is 5.63 Å². The second-order valence-corrected chi connectivity index (χ2v) is 7.36. The second-order valence-electron chi connectivity index (χ2n) is 7.36. The molecule has 0 bridgehead atoms. The number of morpholine rings is 1. The van der Waals surface area contributed by atoms with Crippen LogP contribution in [0.3, 0.4) is 0 Å². The quantitative estimate of drug-likeness (QED) is 0.631. The van der Waals surface area contributed by atoms with E-state index in [1.165, 1.54) is 6.07 Å². The van der Waals surface area contributed by atoms with E-state index in [1.807, 2.05) is 6.92 Å². The van der Waals surface area contributed by atoms with E-state index in [0.29, 0.717) is 28.8 Å². The minimum atomic E-state index is -0.478. The number of amides is 1. The molecule has 2 N–H and O–H groups in total. The zero-order chi connectivity index (χ0) is 21.1. The summed E-state index contributed by atoms with van der Waals surface area (Å²) in [6.07, 6.45) is 0. The molecule has 0 atom stereocenters. The number of carbonyl (C=O) groups is 1. The Labute approximate surface area is 173 Å². The lowest BCUT2D eigenvalue weighted by molar-refractivity contribution is 0.0383. The van der Waals surface area contributed by atoms with Crippen molar-refractivity contribution in [3.63, 3.8) is 0 Å². The van der Waals surface area contributed by atoms with E-state index in [-0.39, 0.29) is 11.7 Å². The van der Waals surface area contributed by atoms with Gasteiger partial charge in [-0.1, -0.05) is 12.1 Å². The number of rotatable bonds is 5. The zero-order valence-corrected chi connectivity index (χ0v) is 16.8. The number of hydrogen-bond donors (Lipinski definition) is 2. The SMILES string of the molecule is Cc1c(-c2ccc(C(=O)NCCN3CCOCC3)cc2)c(=O)oc2cc(O)ccc12. The molecular weight excluding hydrogens is 384 g/mol. The molecule has 0 saturated carbocycles. The highest BCUT2D eigenvalue weighted by molar-refractivity contribution is 5.95. The van der Waals surface area contributed by atoms with Crippen LogP contribution in [0, 0.1) is 6.92 Å². The van der Waals surface area contributed by atoms with Crippen LogP contribution in [0.2, 0.25) is 0 Å². The molecule has 4 rings (SSSR count). The summed E-state index contributed by atoms with van der Waals surface area (Å²) >= 11 is 0. The van der Waals surface area contributed by atoms with Gasteiger partial charge in [0.15, 0.2) is 0 Å². The topological polar surface area (TPSA) is 92.0 Å². The summed E-state index contributed by atoms with van der Waals surface area (Å²) in [5.41, 5.74) is 2.30. The number of nitrogens with zero attached hydrogens (tertiary/aromatic N) is 1. The van der Waals surface area contributed by atoms with Gasteiger partial charge in [-0.15, -0.1) is 0 Å². The Balaban J connectivity index is 1.48. The Bertz CT molecular complexity index is 1110. The fourth-order valence-electron chi connectivity index (χ4n) is 3.72. The van der Waals surface area contributed by atoms with Crippen LogP contribution in [0.15, 0.2) is 51.7 Å². The van der Waals surface area contributed by atoms with Crippen LogP contribution in [-0.4, -0.2) is 55.3 Å². The number of phenolic OH excluding ortho intramolecular Hbond substituents is 1. The molecule has 1 fully saturated rings. The molecule has 0 aliphatic carbocycles. The molecule has 2 aromatic carbocycles. The summed E-state index contributed by atoms with van der Waals surface area (Å²) in [5.74, 6) is -0.102. The maximum atomic E-state index is 12.5. The summed E-state index contributed by atoms with van der Waals surface area (Å²) in [6.45, 7) is 6.45. The van der Waals surface area contributed by atoms with Crippen LogP contribution >= 0.6 is 0 Å². The molecule has 156 valence electrons. The molecule has 1 aliphatic heterocycles. The van der Waals surface area contributed by atoms with Gasteiger partial charge in [-0.05, 0) is 42.3 Å². The highest BCUT2D eigenvalue weighted by Crippen LogP contribution is 2.28. The normalized spacial score (nSPS) is 14.7. The number of hydrogen-bond acceptors (Lipinski definition) is 6. The average molecular weight is 408 g/mol. The van der Waals surface area contributed by atoms with Crippen molar-refractivity contribution in [1.29, 1.82) is 0 Å². The summed E-state index contributed by atoms with van der Waals surface area (Å²) < 4.78 is 10.7. The van der Waals surface area contributed by atoms with Gasteiger partial charge < -0.3 is 19.6 Å². The molecule has 2 heterocycles. The number of benzene rings is 2. The average Bonchev–Trinajstić information content (AvgIpc) is 2.74. The van der Waals surface area contributed by atoms with Crippen molar-refractivity contribution in [1.82, 2.24) is 10.2 Å². The Kier molecular flexibility index (Phi) is 5.83. The third-order valence-electron chi connectivity index (χ3n) is 5.40. The largest absolute Gasteiger partial charge is 0.508 e. The number of aryl methyl sites for hydroxylation is 1. The molecular formula is C23H24N2O5. The molecule has 0 spiro atoms. The van der Waals surface area contributed by atoms with E-state index in [4.69, 9.17) is 9.15 Å². The van der Waals surface area contributed by atoms with Gasteiger partial charge in [0, 0.05) is 43.2 Å². The number of aromatic hydroxyl groups is 1. The van der Waals surface area contributed by atoms with Crippen molar-refractivity contribution in [2.24, 2.45) is 0 Å². The molecule has 7 heteroatoms. The number of ether oxygens (including phenoxy) is 1. The molecule has 3 aromatic rings. The van der Waals surface area contributed by atoms with Crippen molar-refractivity contribution < 1.29 is 19.1 Å². The summed E-state index contributed by atoms with van der Waals surface area (Å²) in [5, 5.41) is 13.3. The minimum absolute atomic E-state index is 0.0433. The Morgan fingerprint density at radius 2 is 1.87 bits per heavy atom. The van der Waals surface area contributed by atoms with E-state index in [0.717, 1.165) is 43.8 Å². The summed E-state index contributed by atoms with van der Waals surface area (Å²) in [7, 11) is 0. The first kappa shape index (κ1) is 20.1. The number of fused-ring (bicyclic) bond motifs is 1. The van der Waals surface area contributed by atoms with E-state index < -0.39 is 5.63 Å². The van der Waals surface area contributed by atoms with Crippen LogP contribution in [0.1, 0.15) is 15.9 Å². The van der Waals surface area contributed by atoms with Gasteiger partial charge in [-0.25, -0.2) is 4.79 Å². The molecule has 0 radical (unpaired) electrons. The second kappa shape index (κ2) is 8.69. The molecule has 1 aliphatic rings. The van der Waals surface area contributed by atoms with Gasteiger partial charge in [0.2, 0.25) is 0 Å². The third kappa shape index (κ3) is 4.22. The van der Waals surface area contributed by atoms with Crippen LogP contribution in [-0.2, 0) is 4.74 Å². The lowest BCUT2D eigenvalue weighted by atomic mass is 9.98. The highest BCUT2D eigenvalue weighted by atomic mass is 16.5. The van der Waals surface area contributed by atoms with Crippen LogP contribution in [0.5, 0.6) is 5.75 Å². The predicted molar refractivity (Wildman–Crippen MR) is 114 cm³/mol. The summed E-state index contributed by atoms with van der Waals surface area (Å²) in [4.78, 5) is 27.2. The first-order valence-electron chi connectivity index (χ1n) is 9.98. The van der Waals surface area contributed by atoms with E-state index in [9.17, 15) is 14.7 Å². The Hall–Kier alpha value is -3.16. The fraction of sp³-hybridized carbons (Fsp3) is 0.304. The minimum Gasteiger partial charge on any atom is -0.508 e. The third-order valence-corrected chi connectivity index (χ3v) is 5.40. The van der Waals surface area contributed by atoms with Gasteiger partial charge in [0.25, 0.3) is 5.91 Å². The monoisotopic (exact) mass is 408 g/mol. The van der Waals surface area contributed by atoms with Crippen LogP contribution in [0.25, 0.3) is 22.1 Å². The van der Waals surface area contributed by atoms with E-state index >= 15 is 0 Å². The zero-order valence-electron chi connectivity index (χ0n) is 16.8. The van der Waals surface area contributed by atoms with Gasteiger partial charge in [0.05, 0.1) is 18.8 Å². The first-order valence-corrected chi connectivity index (χ1v) is 9.98. The molecule has 7 nitrogen and oxygen atoms in total. The maximum Gasteiger partial charge on any atom is 0.344 e. The Morgan fingerprint density at radius 3 is 2.60 bits per heavy atom. The molecule has 0 unspecified atom stereocenters. The van der Waals surface area contributed by atoms with Crippen molar-refractivity contribution in [3.8, 4) is 16.9 Å². The lowest BCUT2D eigenvalue weighted by Crippen LogP contribution is -2.41. The number of nitrogens with one attached hydrogen (secondary N) is 1. The maximum absolute atomic E-state index is 12.5. The van der Waals surface area contributed by atoms with Gasteiger partial charge in [-0.3, -0.25) is 9.69 Å².